The minimum absolute atomic E-state index is 0.407. The molecule has 3 nitrogen and oxygen atoms in total. The summed E-state index contributed by atoms with van der Waals surface area (Å²) in [5.74, 6) is -0.407. The van der Waals surface area contributed by atoms with Crippen molar-refractivity contribution in [2.75, 3.05) is 0 Å². The molecule has 0 fully saturated rings. The first kappa shape index (κ1) is 10.2. The van der Waals surface area contributed by atoms with Crippen molar-refractivity contribution in [3.05, 3.63) is 71.5 Å². The molecular formula is C13H11NO2. The molecule has 0 aliphatic rings. The van der Waals surface area contributed by atoms with Crippen LogP contribution in [0.25, 0.3) is 10.8 Å². The number of nitrogens with one attached hydrogen (secondary N) is 1. The van der Waals surface area contributed by atoms with E-state index in [1.54, 1.807) is 0 Å². The Hall–Kier alpha value is -2.29. The van der Waals surface area contributed by atoms with Gasteiger partial charge in [0.2, 0.25) is 0 Å². The molecule has 3 heteroatoms. The van der Waals surface area contributed by atoms with E-state index < -0.39 is 5.76 Å². The Morgan fingerprint density at radius 3 is 1.62 bits per heavy atom. The number of hydrogen-bond acceptors (Lipinski definition) is 2. The van der Waals surface area contributed by atoms with Gasteiger partial charge in [0, 0.05) is 6.20 Å². The average molecular weight is 213 g/mol. The molecule has 80 valence electrons. The molecule has 0 saturated carbocycles. The first-order valence-electron chi connectivity index (χ1n) is 4.92. The van der Waals surface area contributed by atoms with E-state index in [1.807, 2.05) is 0 Å². The zero-order chi connectivity index (χ0) is 11.2. The molecule has 0 unspecified atom stereocenters. The van der Waals surface area contributed by atoms with Crippen LogP contribution in [-0.2, 0) is 0 Å². The summed E-state index contributed by atoms with van der Waals surface area (Å²) in [5.41, 5.74) is 0. The summed E-state index contributed by atoms with van der Waals surface area (Å²) in [4.78, 5) is 12.1. The van der Waals surface area contributed by atoms with E-state index in [0.717, 1.165) is 0 Å². The highest BCUT2D eigenvalue weighted by Gasteiger charge is 1.85. The van der Waals surface area contributed by atoms with E-state index in [1.165, 1.54) is 23.2 Å². The Kier molecular flexibility index (Phi) is 3.18. The second-order valence-corrected chi connectivity index (χ2v) is 3.20. The van der Waals surface area contributed by atoms with Crippen LogP contribution in [0.15, 0.2) is 70.2 Å². The van der Waals surface area contributed by atoms with Gasteiger partial charge in [0.05, 0.1) is 0 Å². The van der Waals surface area contributed by atoms with Crippen LogP contribution in [0.5, 0.6) is 0 Å². The van der Waals surface area contributed by atoms with E-state index in [-0.39, 0.29) is 0 Å². The summed E-state index contributed by atoms with van der Waals surface area (Å²) in [7, 11) is 0. The van der Waals surface area contributed by atoms with Gasteiger partial charge in [-0.1, -0.05) is 48.5 Å². The lowest BCUT2D eigenvalue weighted by atomic mass is 10.1. The maximum absolute atomic E-state index is 9.85. The van der Waals surface area contributed by atoms with Crippen molar-refractivity contribution in [1.82, 2.24) is 4.98 Å². The number of aromatic amines is 1. The average Bonchev–Trinajstić information content (AvgIpc) is 2.81. The molecule has 1 aromatic heterocycles. The third-order valence-electron chi connectivity index (χ3n) is 2.10. The Bertz CT molecular complexity index is 528. The van der Waals surface area contributed by atoms with Gasteiger partial charge in [-0.25, -0.2) is 4.79 Å². The van der Waals surface area contributed by atoms with Crippen LogP contribution in [0.2, 0.25) is 0 Å². The molecular weight excluding hydrogens is 202 g/mol. The highest BCUT2D eigenvalue weighted by atomic mass is 16.4. The molecule has 0 radical (unpaired) electrons. The molecule has 1 N–H and O–H groups in total. The third-order valence-corrected chi connectivity index (χ3v) is 2.10. The highest BCUT2D eigenvalue weighted by molar-refractivity contribution is 5.81. The second kappa shape index (κ2) is 4.98. The Labute approximate surface area is 92.4 Å². The number of rotatable bonds is 0. The summed E-state index contributed by atoms with van der Waals surface area (Å²) in [5, 5.41) is 2.62. The van der Waals surface area contributed by atoms with E-state index in [0.29, 0.717) is 0 Å². The van der Waals surface area contributed by atoms with Crippen LogP contribution in [0, 0.1) is 0 Å². The highest BCUT2D eigenvalue weighted by Crippen LogP contribution is 2.11. The van der Waals surface area contributed by atoms with Crippen LogP contribution in [-0.4, -0.2) is 4.98 Å². The van der Waals surface area contributed by atoms with Gasteiger partial charge in [-0.15, -0.1) is 0 Å². The zero-order valence-corrected chi connectivity index (χ0v) is 8.59. The molecule has 0 bridgehead atoms. The summed E-state index contributed by atoms with van der Waals surface area (Å²) in [6, 6.07) is 16.7. The predicted octanol–water partition coefficient (Wildman–Crippen LogP) is 2.81. The largest absolute Gasteiger partial charge is 0.417 e. The topological polar surface area (TPSA) is 46.0 Å². The van der Waals surface area contributed by atoms with Crippen molar-refractivity contribution in [2.45, 2.75) is 0 Å². The lowest BCUT2D eigenvalue weighted by Crippen LogP contribution is -1.91. The predicted molar refractivity (Wildman–Crippen MR) is 63.3 cm³/mol. The number of oxazole rings is 1. The number of hydrogen-bond donors (Lipinski definition) is 1. The Morgan fingerprint density at radius 1 is 0.875 bits per heavy atom. The van der Waals surface area contributed by atoms with Crippen LogP contribution in [0.3, 0.4) is 0 Å². The first-order chi connectivity index (χ1) is 7.86. The van der Waals surface area contributed by atoms with Gasteiger partial charge in [0.25, 0.3) is 0 Å². The molecule has 0 amide bonds. The fraction of sp³-hybridized carbons (Fsp3) is 0. The smallest absolute Gasteiger partial charge is 0.416 e. The maximum Gasteiger partial charge on any atom is 0.416 e. The Balaban J connectivity index is 0.000000138. The van der Waals surface area contributed by atoms with Gasteiger partial charge >= 0.3 is 5.76 Å². The molecule has 16 heavy (non-hydrogen) atoms. The monoisotopic (exact) mass is 213 g/mol. The summed E-state index contributed by atoms with van der Waals surface area (Å²) in [6.07, 6.45) is 2.73. The van der Waals surface area contributed by atoms with Gasteiger partial charge in [-0.2, -0.15) is 0 Å². The lowest BCUT2D eigenvalue weighted by Gasteiger charge is -1.92. The number of aromatic nitrogens is 1. The quantitative estimate of drug-likeness (QED) is 0.624. The van der Waals surface area contributed by atoms with Crippen molar-refractivity contribution < 1.29 is 4.42 Å². The van der Waals surface area contributed by atoms with Crippen LogP contribution in [0.4, 0.5) is 0 Å². The molecule has 1 heterocycles. The molecule has 0 atom stereocenters. The molecule has 0 saturated heterocycles. The van der Waals surface area contributed by atoms with Crippen LogP contribution in [0.1, 0.15) is 0 Å². The normalized spacial score (nSPS) is 9.50. The summed E-state index contributed by atoms with van der Waals surface area (Å²) in [6.45, 7) is 0. The third kappa shape index (κ3) is 2.60. The molecule has 3 aromatic rings. The second-order valence-electron chi connectivity index (χ2n) is 3.20. The molecule has 3 rings (SSSR count). The minimum Gasteiger partial charge on any atom is -0.417 e. The standard InChI is InChI=1S/C10H8.C3H3NO2/c1-2-6-10-8-4-3-7-9(10)5-1;5-3-4-1-2-6-3/h1-8H;1-2H,(H,4,5). The number of H-pyrrole nitrogens is 1. The van der Waals surface area contributed by atoms with Gasteiger partial charge < -0.3 is 4.42 Å². The molecule has 0 aliphatic heterocycles. The van der Waals surface area contributed by atoms with Crippen molar-refractivity contribution in [3.8, 4) is 0 Å². The molecule has 2 aromatic carbocycles. The first-order valence-corrected chi connectivity index (χ1v) is 4.92. The number of benzene rings is 2. The maximum atomic E-state index is 9.85. The van der Waals surface area contributed by atoms with E-state index in [4.69, 9.17) is 0 Å². The molecule has 0 aliphatic carbocycles. The summed E-state index contributed by atoms with van der Waals surface area (Å²) < 4.78 is 4.22. The van der Waals surface area contributed by atoms with Gasteiger partial charge in [0.1, 0.15) is 6.26 Å². The van der Waals surface area contributed by atoms with E-state index in [9.17, 15) is 4.79 Å². The van der Waals surface area contributed by atoms with Crippen LogP contribution >= 0.6 is 0 Å². The lowest BCUT2D eigenvalue weighted by molar-refractivity contribution is 0.515. The summed E-state index contributed by atoms with van der Waals surface area (Å²) >= 11 is 0. The van der Waals surface area contributed by atoms with Crippen LogP contribution < -0.4 is 5.76 Å². The van der Waals surface area contributed by atoms with Crippen molar-refractivity contribution in [1.29, 1.82) is 0 Å². The van der Waals surface area contributed by atoms with E-state index >= 15 is 0 Å². The van der Waals surface area contributed by atoms with Gasteiger partial charge in [-0.3, -0.25) is 4.98 Å². The van der Waals surface area contributed by atoms with E-state index in [2.05, 4.69) is 57.9 Å². The van der Waals surface area contributed by atoms with Crippen molar-refractivity contribution in [3.63, 3.8) is 0 Å². The van der Waals surface area contributed by atoms with Crippen molar-refractivity contribution in [2.24, 2.45) is 0 Å². The number of fused-ring (bicyclic) bond motifs is 1. The fourth-order valence-electron chi connectivity index (χ4n) is 1.36. The van der Waals surface area contributed by atoms with Crippen molar-refractivity contribution >= 4 is 10.8 Å². The van der Waals surface area contributed by atoms with Gasteiger partial charge in [0.15, 0.2) is 0 Å². The Morgan fingerprint density at radius 2 is 1.38 bits per heavy atom. The fourth-order valence-corrected chi connectivity index (χ4v) is 1.36. The van der Waals surface area contributed by atoms with Gasteiger partial charge in [-0.05, 0) is 10.8 Å². The SMILES string of the molecule is O=c1[nH]cco1.c1ccc2ccccc2c1. The minimum atomic E-state index is -0.407. The zero-order valence-electron chi connectivity index (χ0n) is 8.59. The molecule has 0 spiro atoms.